The van der Waals surface area contributed by atoms with Crippen molar-refractivity contribution >= 4 is 40.8 Å². The molecule has 0 radical (unpaired) electrons. The van der Waals surface area contributed by atoms with E-state index in [0.29, 0.717) is 5.69 Å². The fraction of sp³-hybridized carbons (Fsp3) is 0.0714. The number of amides is 1. The van der Waals surface area contributed by atoms with Crippen LogP contribution in [0.2, 0.25) is 10.2 Å². The molecule has 0 spiro atoms. The molecule has 7 heteroatoms. The molecule has 0 aliphatic carbocycles. The number of nitrogens with one attached hydrogen (secondary N) is 1. The highest BCUT2D eigenvalue weighted by atomic mass is 35.5. The zero-order valence-corrected chi connectivity index (χ0v) is 12.4. The van der Waals surface area contributed by atoms with E-state index >= 15 is 0 Å². The van der Waals surface area contributed by atoms with Gasteiger partial charge in [0.05, 0.1) is 10.6 Å². The SMILES string of the molecule is CC(=O)Nc1cccc(OC(=O)c2cnc(Cl)c(Cl)c2)c1. The Hall–Kier alpha value is -2.11. The summed E-state index contributed by atoms with van der Waals surface area (Å²) in [7, 11) is 0. The molecule has 1 aromatic heterocycles. The van der Waals surface area contributed by atoms with E-state index < -0.39 is 5.97 Å². The zero-order valence-electron chi connectivity index (χ0n) is 10.9. The van der Waals surface area contributed by atoms with Crippen LogP contribution < -0.4 is 10.1 Å². The summed E-state index contributed by atoms with van der Waals surface area (Å²) in [5.74, 6) is -0.550. The number of ether oxygens (including phenoxy) is 1. The molecule has 1 amide bonds. The molecule has 1 N–H and O–H groups in total. The second-order valence-corrected chi connectivity index (χ2v) is 4.86. The molecule has 108 valence electrons. The number of hydrogen-bond acceptors (Lipinski definition) is 4. The van der Waals surface area contributed by atoms with E-state index in [0.717, 1.165) is 0 Å². The molecule has 21 heavy (non-hydrogen) atoms. The van der Waals surface area contributed by atoms with Gasteiger partial charge in [0.15, 0.2) is 0 Å². The maximum atomic E-state index is 12.0. The fourth-order valence-electron chi connectivity index (χ4n) is 1.54. The van der Waals surface area contributed by atoms with Gasteiger partial charge in [-0.2, -0.15) is 0 Å². The molecule has 2 aromatic rings. The van der Waals surface area contributed by atoms with E-state index in [1.54, 1.807) is 18.2 Å². The molecular weight excluding hydrogens is 315 g/mol. The van der Waals surface area contributed by atoms with Gasteiger partial charge in [-0.05, 0) is 18.2 Å². The van der Waals surface area contributed by atoms with Crippen LogP contribution in [-0.4, -0.2) is 16.9 Å². The van der Waals surface area contributed by atoms with Crippen molar-refractivity contribution in [2.45, 2.75) is 6.92 Å². The quantitative estimate of drug-likeness (QED) is 0.532. The topological polar surface area (TPSA) is 68.3 Å². The molecule has 0 saturated heterocycles. The van der Waals surface area contributed by atoms with Crippen molar-refractivity contribution in [1.82, 2.24) is 4.98 Å². The predicted molar refractivity (Wildman–Crippen MR) is 80.0 cm³/mol. The van der Waals surface area contributed by atoms with Crippen molar-refractivity contribution in [1.29, 1.82) is 0 Å². The summed E-state index contributed by atoms with van der Waals surface area (Å²) >= 11 is 11.5. The van der Waals surface area contributed by atoms with Gasteiger partial charge in [0.2, 0.25) is 5.91 Å². The number of aromatic nitrogens is 1. The van der Waals surface area contributed by atoms with Gasteiger partial charge in [-0.3, -0.25) is 4.79 Å². The number of carbonyl (C=O) groups excluding carboxylic acids is 2. The number of halogens is 2. The Morgan fingerprint density at radius 1 is 1.24 bits per heavy atom. The van der Waals surface area contributed by atoms with Gasteiger partial charge in [0.25, 0.3) is 0 Å². The van der Waals surface area contributed by atoms with Crippen molar-refractivity contribution < 1.29 is 14.3 Å². The third kappa shape index (κ3) is 4.18. The number of anilines is 1. The fourth-order valence-corrected chi connectivity index (χ4v) is 1.81. The molecule has 0 saturated carbocycles. The van der Waals surface area contributed by atoms with Crippen LogP contribution in [0.3, 0.4) is 0 Å². The van der Waals surface area contributed by atoms with Crippen LogP contribution in [0.1, 0.15) is 17.3 Å². The first-order valence-corrected chi connectivity index (χ1v) is 6.62. The summed E-state index contributed by atoms with van der Waals surface area (Å²) in [6, 6.07) is 7.83. The number of esters is 1. The van der Waals surface area contributed by atoms with Crippen molar-refractivity contribution in [3.05, 3.63) is 52.3 Å². The number of hydrogen-bond donors (Lipinski definition) is 1. The van der Waals surface area contributed by atoms with Gasteiger partial charge in [-0.15, -0.1) is 0 Å². The number of pyridine rings is 1. The van der Waals surface area contributed by atoms with Crippen LogP contribution in [0.5, 0.6) is 5.75 Å². The van der Waals surface area contributed by atoms with Gasteiger partial charge in [0.1, 0.15) is 10.9 Å². The van der Waals surface area contributed by atoms with Crippen LogP contribution in [0.4, 0.5) is 5.69 Å². The smallest absolute Gasteiger partial charge is 0.345 e. The molecular formula is C14H10Cl2N2O3. The average Bonchev–Trinajstić information content (AvgIpc) is 2.41. The summed E-state index contributed by atoms with van der Waals surface area (Å²) < 4.78 is 5.19. The van der Waals surface area contributed by atoms with Gasteiger partial charge in [-0.25, -0.2) is 9.78 Å². The molecule has 1 aromatic carbocycles. The summed E-state index contributed by atoms with van der Waals surface area (Å²) in [5.41, 5.74) is 0.703. The van der Waals surface area contributed by atoms with Crippen LogP contribution in [-0.2, 0) is 4.79 Å². The van der Waals surface area contributed by atoms with Crippen LogP contribution in [0.15, 0.2) is 36.5 Å². The summed E-state index contributed by atoms with van der Waals surface area (Å²) in [6.07, 6.45) is 1.27. The third-order valence-corrected chi connectivity index (χ3v) is 3.08. The van der Waals surface area contributed by atoms with Crippen molar-refractivity contribution in [2.24, 2.45) is 0 Å². The highest BCUT2D eigenvalue weighted by molar-refractivity contribution is 6.41. The van der Waals surface area contributed by atoms with Gasteiger partial charge in [0, 0.05) is 24.9 Å². The highest BCUT2D eigenvalue weighted by Gasteiger charge is 2.12. The Balaban J connectivity index is 2.15. The van der Waals surface area contributed by atoms with E-state index in [-0.39, 0.29) is 27.4 Å². The molecule has 0 atom stereocenters. The largest absolute Gasteiger partial charge is 0.423 e. The lowest BCUT2D eigenvalue weighted by Gasteiger charge is -2.07. The molecule has 2 rings (SSSR count). The Morgan fingerprint density at radius 2 is 2.00 bits per heavy atom. The highest BCUT2D eigenvalue weighted by Crippen LogP contribution is 2.22. The minimum Gasteiger partial charge on any atom is -0.423 e. The first-order chi connectivity index (χ1) is 9.95. The lowest BCUT2D eigenvalue weighted by Crippen LogP contribution is -2.10. The Labute approximate surface area is 130 Å². The first-order valence-electron chi connectivity index (χ1n) is 5.86. The maximum absolute atomic E-state index is 12.0. The second kappa shape index (κ2) is 6.56. The van der Waals surface area contributed by atoms with E-state index in [1.165, 1.54) is 25.3 Å². The van der Waals surface area contributed by atoms with Crippen molar-refractivity contribution in [3.63, 3.8) is 0 Å². The second-order valence-electron chi connectivity index (χ2n) is 4.10. The molecule has 0 aliphatic rings. The van der Waals surface area contributed by atoms with E-state index in [4.69, 9.17) is 27.9 Å². The molecule has 1 heterocycles. The lowest BCUT2D eigenvalue weighted by atomic mass is 10.2. The molecule has 0 unspecified atom stereocenters. The Kier molecular flexibility index (Phi) is 4.77. The molecule has 0 aliphatic heterocycles. The number of benzene rings is 1. The lowest BCUT2D eigenvalue weighted by molar-refractivity contribution is -0.114. The predicted octanol–water partition coefficient (Wildman–Crippen LogP) is 3.57. The Morgan fingerprint density at radius 3 is 2.67 bits per heavy atom. The third-order valence-electron chi connectivity index (χ3n) is 2.40. The summed E-state index contributed by atoms with van der Waals surface area (Å²) in [6.45, 7) is 1.39. The molecule has 0 fully saturated rings. The number of nitrogens with zero attached hydrogens (tertiary/aromatic N) is 1. The van der Waals surface area contributed by atoms with E-state index in [9.17, 15) is 9.59 Å². The van der Waals surface area contributed by atoms with Crippen LogP contribution in [0, 0.1) is 0 Å². The summed E-state index contributed by atoms with van der Waals surface area (Å²) in [5, 5.41) is 2.87. The van der Waals surface area contributed by atoms with Gasteiger partial charge >= 0.3 is 5.97 Å². The molecule has 0 bridgehead atoms. The van der Waals surface area contributed by atoms with Crippen molar-refractivity contribution in [3.8, 4) is 5.75 Å². The maximum Gasteiger partial charge on any atom is 0.345 e. The first kappa shape index (κ1) is 15.3. The van der Waals surface area contributed by atoms with Crippen LogP contribution >= 0.6 is 23.2 Å². The standard InChI is InChI=1S/C14H10Cl2N2O3/c1-8(19)18-10-3-2-4-11(6-10)21-14(20)9-5-12(15)13(16)17-7-9/h2-7H,1H3,(H,18,19). The van der Waals surface area contributed by atoms with Crippen molar-refractivity contribution in [2.75, 3.05) is 5.32 Å². The molecule has 5 nitrogen and oxygen atoms in total. The Bertz CT molecular complexity index is 704. The minimum absolute atomic E-state index is 0.112. The van der Waals surface area contributed by atoms with Gasteiger partial charge < -0.3 is 10.1 Å². The van der Waals surface area contributed by atoms with E-state index in [1.807, 2.05) is 0 Å². The minimum atomic E-state index is -0.624. The zero-order chi connectivity index (χ0) is 15.4. The number of rotatable bonds is 3. The monoisotopic (exact) mass is 324 g/mol. The van der Waals surface area contributed by atoms with Gasteiger partial charge in [-0.1, -0.05) is 29.3 Å². The number of carbonyl (C=O) groups is 2. The average molecular weight is 325 g/mol. The normalized spacial score (nSPS) is 10.0. The van der Waals surface area contributed by atoms with Crippen LogP contribution in [0.25, 0.3) is 0 Å². The summed E-state index contributed by atoms with van der Waals surface area (Å²) in [4.78, 5) is 26.7. The van der Waals surface area contributed by atoms with E-state index in [2.05, 4.69) is 10.3 Å².